The highest BCUT2D eigenvalue weighted by atomic mass is 35.5. The number of fused-ring (bicyclic) bond motifs is 1. The molecule has 4 aromatic rings. The Morgan fingerprint density at radius 2 is 1.85 bits per heavy atom. The van der Waals surface area contributed by atoms with Gasteiger partial charge in [-0.3, -0.25) is 13.9 Å². The Bertz CT molecular complexity index is 1710. The number of piperidine rings is 1. The molecule has 204 valence electrons. The molecule has 4 heterocycles. The smallest absolute Gasteiger partial charge is 0.300 e. The lowest BCUT2D eigenvalue weighted by Crippen LogP contribution is -2.36. The number of hydrogen-bond acceptors (Lipinski definition) is 8. The number of aromatic nitrogens is 3. The third-order valence-corrected chi connectivity index (χ3v) is 8.28. The van der Waals surface area contributed by atoms with E-state index in [4.69, 9.17) is 21.1 Å². The number of benzene rings is 1. The monoisotopic (exact) mass is 573 g/mol. The molecule has 0 spiro atoms. The van der Waals surface area contributed by atoms with E-state index in [-0.39, 0.29) is 38.9 Å². The largest absolute Gasteiger partial charge is 0.483 e. The molecule has 0 bridgehead atoms. The molecule has 0 amide bonds. The van der Waals surface area contributed by atoms with Crippen LogP contribution in [0.4, 0.5) is 10.1 Å². The maximum Gasteiger partial charge on any atom is 0.300 e. The van der Waals surface area contributed by atoms with Crippen molar-refractivity contribution in [2.45, 2.75) is 23.8 Å². The van der Waals surface area contributed by atoms with Crippen LogP contribution in [0.15, 0.2) is 64.7 Å². The zero-order valence-corrected chi connectivity index (χ0v) is 22.7. The summed E-state index contributed by atoms with van der Waals surface area (Å²) in [5, 5.41) is -0.273. The van der Waals surface area contributed by atoms with E-state index in [0.717, 1.165) is 44.1 Å². The van der Waals surface area contributed by atoms with Gasteiger partial charge in [-0.05, 0) is 56.3 Å². The molecule has 0 unspecified atom stereocenters. The zero-order chi connectivity index (χ0) is 27.7. The molecule has 0 atom stereocenters. The highest BCUT2D eigenvalue weighted by molar-refractivity contribution is 7.92. The second-order valence-corrected chi connectivity index (χ2v) is 11.2. The number of anilines is 1. The maximum absolute atomic E-state index is 13.4. The van der Waals surface area contributed by atoms with Crippen LogP contribution in [-0.2, 0) is 10.0 Å². The van der Waals surface area contributed by atoms with Gasteiger partial charge >= 0.3 is 0 Å². The number of ether oxygens (including phenoxy) is 2. The number of halogens is 2. The van der Waals surface area contributed by atoms with Gasteiger partial charge in [-0.2, -0.15) is 0 Å². The van der Waals surface area contributed by atoms with Crippen molar-refractivity contribution in [3.63, 3.8) is 0 Å². The van der Waals surface area contributed by atoms with Crippen molar-refractivity contribution >= 4 is 33.0 Å². The third kappa shape index (κ3) is 5.68. The van der Waals surface area contributed by atoms with Crippen LogP contribution in [0.3, 0.4) is 0 Å². The minimum Gasteiger partial charge on any atom is -0.483 e. The topological polar surface area (TPSA) is 115 Å². The molecule has 3 aromatic heterocycles. The van der Waals surface area contributed by atoms with Gasteiger partial charge in [0.05, 0.1) is 18.3 Å². The van der Waals surface area contributed by atoms with Crippen LogP contribution < -0.4 is 19.8 Å². The summed E-state index contributed by atoms with van der Waals surface area (Å²) in [6.45, 7) is 1.78. The van der Waals surface area contributed by atoms with Crippen LogP contribution in [0.5, 0.6) is 11.6 Å². The van der Waals surface area contributed by atoms with E-state index >= 15 is 0 Å². The fourth-order valence-corrected chi connectivity index (χ4v) is 5.91. The van der Waals surface area contributed by atoms with Gasteiger partial charge in [-0.1, -0.05) is 11.6 Å². The zero-order valence-electron chi connectivity index (χ0n) is 21.1. The number of nitrogens with zero attached hydrogens (tertiary/aromatic N) is 4. The Morgan fingerprint density at radius 3 is 2.56 bits per heavy atom. The first kappa shape index (κ1) is 26.9. The molecule has 1 N–H and O–H groups in total. The fourth-order valence-electron chi connectivity index (χ4n) is 4.33. The normalized spacial score (nSPS) is 14.9. The van der Waals surface area contributed by atoms with Crippen molar-refractivity contribution in [3.05, 3.63) is 76.2 Å². The van der Waals surface area contributed by atoms with Crippen LogP contribution in [-0.4, -0.2) is 61.0 Å². The standard InChI is InChI=1S/C26H25ClFN5O5S/c1-32-9-7-19(8-10-32)38-22-14-29-24-6-3-16(15-33(24)26(22)34)17-11-21(25(37-2)30-13-17)31-39(35,36)23-5-4-18(28)12-20(23)27/h3-6,11-15,19,31H,7-10H2,1-2H3. The number of pyridine rings is 2. The van der Waals surface area contributed by atoms with Crippen LogP contribution >= 0.6 is 11.6 Å². The van der Waals surface area contributed by atoms with Gasteiger partial charge in [0.1, 0.15) is 28.2 Å². The Morgan fingerprint density at radius 1 is 1.08 bits per heavy atom. The Hall–Kier alpha value is -3.74. The Labute approximate surface area is 229 Å². The van der Waals surface area contributed by atoms with Crippen LogP contribution in [0, 0.1) is 5.82 Å². The number of sulfonamides is 1. The molecule has 39 heavy (non-hydrogen) atoms. The van der Waals surface area contributed by atoms with Crippen LogP contribution in [0.2, 0.25) is 5.02 Å². The van der Waals surface area contributed by atoms with Crippen molar-refractivity contribution in [1.82, 2.24) is 19.3 Å². The van der Waals surface area contributed by atoms with Crippen LogP contribution in [0.25, 0.3) is 16.8 Å². The summed E-state index contributed by atoms with van der Waals surface area (Å²) in [5.74, 6) is -0.494. The lowest BCUT2D eigenvalue weighted by atomic mass is 10.1. The van der Waals surface area contributed by atoms with Gasteiger partial charge in [-0.15, -0.1) is 0 Å². The average Bonchev–Trinajstić information content (AvgIpc) is 2.91. The highest BCUT2D eigenvalue weighted by Gasteiger charge is 2.22. The molecule has 0 saturated carbocycles. The number of likely N-dealkylation sites (tertiary alicyclic amines) is 1. The summed E-state index contributed by atoms with van der Waals surface area (Å²) in [6.07, 6.45) is 6.09. The molecule has 1 aliphatic rings. The van der Waals surface area contributed by atoms with Gasteiger partial charge in [0.15, 0.2) is 0 Å². The van der Waals surface area contributed by atoms with E-state index in [2.05, 4.69) is 19.6 Å². The van der Waals surface area contributed by atoms with Gasteiger partial charge in [0.25, 0.3) is 15.6 Å². The number of hydrogen-bond donors (Lipinski definition) is 1. The predicted octanol–water partition coefficient (Wildman–Crippen LogP) is 3.83. The second-order valence-electron chi connectivity index (χ2n) is 9.16. The van der Waals surface area contributed by atoms with Gasteiger partial charge in [0, 0.05) is 36.6 Å². The molecule has 1 aliphatic heterocycles. The Balaban J connectivity index is 1.48. The van der Waals surface area contributed by atoms with E-state index in [1.54, 1.807) is 18.3 Å². The van der Waals surface area contributed by atoms with Crippen molar-refractivity contribution in [3.8, 4) is 22.8 Å². The van der Waals surface area contributed by atoms with Gasteiger partial charge < -0.3 is 14.4 Å². The van der Waals surface area contributed by atoms with Crippen LogP contribution in [0.1, 0.15) is 12.8 Å². The molecule has 0 radical (unpaired) electrons. The predicted molar refractivity (Wildman–Crippen MR) is 145 cm³/mol. The molecule has 1 saturated heterocycles. The van der Waals surface area contributed by atoms with E-state index in [1.165, 1.54) is 30.0 Å². The molecule has 10 nitrogen and oxygen atoms in total. The summed E-state index contributed by atoms with van der Waals surface area (Å²) in [5.41, 5.74) is 1.16. The first-order chi connectivity index (χ1) is 18.6. The van der Waals surface area contributed by atoms with E-state index in [1.807, 2.05) is 7.05 Å². The maximum atomic E-state index is 13.4. The van der Waals surface area contributed by atoms with Crippen molar-refractivity contribution in [2.75, 3.05) is 32.0 Å². The summed E-state index contributed by atoms with van der Waals surface area (Å²) in [7, 11) is -0.817. The number of nitrogens with one attached hydrogen (secondary N) is 1. The molecular weight excluding hydrogens is 549 g/mol. The minimum absolute atomic E-state index is 0.00833. The first-order valence-electron chi connectivity index (χ1n) is 12.0. The highest BCUT2D eigenvalue weighted by Crippen LogP contribution is 2.32. The first-order valence-corrected chi connectivity index (χ1v) is 13.9. The molecule has 0 aliphatic carbocycles. The Kier molecular flexibility index (Phi) is 7.43. The van der Waals surface area contributed by atoms with E-state index < -0.39 is 15.8 Å². The summed E-state index contributed by atoms with van der Waals surface area (Å²) < 4.78 is 54.5. The number of rotatable bonds is 7. The van der Waals surface area contributed by atoms with Crippen molar-refractivity contribution in [1.29, 1.82) is 0 Å². The third-order valence-electron chi connectivity index (χ3n) is 6.44. The summed E-state index contributed by atoms with van der Waals surface area (Å²) in [4.78, 5) is 23.7. The number of methoxy groups -OCH3 is 1. The molecule has 1 aromatic carbocycles. The lowest BCUT2D eigenvalue weighted by Gasteiger charge is -2.28. The van der Waals surface area contributed by atoms with Gasteiger partial charge in [0.2, 0.25) is 11.6 Å². The molecular formula is C26H25ClFN5O5S. The van der Waals surface area contributed by atoms with Crippen molar-refractivity contribution < 1.29 is 22.3 Å². The molecule has 1 fully saturated rings. The molecule has 5 rings (SSSR count). The minimum atomic E-state index is -4.21. The quantitative estimate of drug-likeness (QED) is 0.355. The summed E-state index contributed by atoms with van der Waals surface area (Å²) >= 11 is 5.98. The summed E-state index contributed by atoms with van der Waals surface area (Å²) in [6, 6.07) is 7.89. The molecule has 13 heteroatoms. The SMILES string of the molecule is COc1ncc(-c2ccc3ncc(OC4CCN(C)CC4)c(=O)n3c2)cc1NS(=O)(=O)c1ccc(F)cc1Cl. The average molecular weight is 574 g/mol. The van der Waals surface area contributed by atoms with Crippen molar-refractivity contribution in [2.24, 2.45) is 0 Å². The van der Waals surface area contributed by atoms with E-state index in [9.17, 15) is 17.6 Å². The van der Waals surface area contributed by atoms with Gasteiger partial charge in [-0.25, -0.2) is 22.8 Å². The fraction of sp³-hybridized carbons (Fsp3) is 0.269. The lowest BCUT2D eigenvalue weighted by molar-refractivity contribution is 0.112. The van der Waals surface area contributed by atoms with E-state index in [0.29, 0.717) is 16.8 Å². The second kappa shape index (κ2) is 10.8.